The normalized spacial score (nSPS) is 41.0. The summed E-state index contributed by atoms with van der Waals surface area (Å²) < 4.78 is 0. The molecule has 4 aliphatic rings. The minimum absolute atomic E-state index is 0.00530. The van der Waals surface area contributed by atoms with Crippen molar-refractivity contribution in [2.75, 3.05) is 0 Å². The number of aliphatic carboxylic acids is 1. The molecular weight excluding hydrogens is 472 g/mol. The van der Waals surface area contributed by atoms with Gasteiger partial charge in [-0.1, -0.05) is 37.4 Å². The van der Waals surface area contributed by atoms with E-state index < -0.39 is 22.4 Å². The van der Waals surface area contributed by atoms with Gasteiger partial charge in [-0.15, -0.1) is 0 Å². The van der Waals surface area contributed by atoms with Crippen LogP contribution in [-0.2, 0) is 19.2 Å². The van der Waals surface area contributed by atoms with Crippen LogP contribution in [-0.4, -0.2) is 43.0 Å². The van der Waals surface area contributed by atoms with Crippen molar-refractivity contribution in [2.45, 2.75) is 83.5 Å². The largest absolute Gasteiger partial charge is 0.481 e. The maximum Gasteiger partial charge on any atom is 0.303 e. The summed E-state index contributed by atoms with van der Waals surface area (Å²) in [5.74, 6) is -0.634. The number of carbonyl (C=O) groups is 4. The molecular formula is C26H34O6S2. The molecule has 2 fully saturated rings. The summed E-state index contributed by atoms with van der Waals surface area (Å²) in [6.07, 6.45) is 7.06. The van der Waals surface area contributed by atoms with E-state index in [1.165, 1.54) is 23.5 Å². The van der Waals surface area contributed by atoms with E-state index >= 15 is 0 Å². The average molecular weight is 507 g/mol. The standard InChI is InChI=1S/C26H34O6S2/c1-14(27)33-20-12-16-11-17(29)13-21(34-15(2)28)25(16,4)19-5-8-24(3)18(23(19)20)6-9-26(24,32)10-7-22(30)31/h11-12,18-19,21,23,32H,5-10,13H2,1-4H3,(H,30,31)/t18-,19-,21?,23-,24-,25-,26?/m0/s1. The third-order valence-corrected chi connectivity index (χ3v) is 11.5. The number of carbonyl (C=O) groups excluding carboxylic acids is 3. The second kappa shape index (κ2) is 8.93. The summed E-state index contributed by atoms with van der Waals surface area (Å²) in [6.45, 7) is 7.35. The number of carboxylic acid groups (broad SMARTS) is 1. The first-order valence-corrected chi connectivity index (χ1v) is 13.8. The van der Waals surface area contributed by atoms with E-state index in [-0.39, 0.29) is 51.9 Å². The Hall–Kier alpha value is -1.38. The molecule has 2 saturated carbocycles. The van der Waals surface area contributed by atoms with Crippen LogP contribution in [0.15, 0.2) is 22.6 Å². The zero-order valence-corrected chi connectivity index (χ0v) is 21.9. The van der Waals surface area contributed by atoms with Crippen LogP contribution in [0.4, 0.5) is 0 Å². The molecule has 0 spiro atoms. The lowest BCUT2D eigenvalue weighted by Gasteiger charge is -2.60. The third-order valence-electron chi connectivity index (χ3n) is 9.30. The number of ketones is 1. The van der Waals surface area contributed by atoms with Gasteiger partial charge in [0.05, 0.1) is 5.60 Å². The van der Waals surface area contributed by atoms with Crippen molar-refractivity contribution < 1.29 is 29.4 Å². The molecule has 34 heavy (non-hydrogen) atoms. The molecule has 0 aromatic heterocycles. The van der Waals surface area contributed by atoms with Crippen molar-refractivity contribution >= 4 is 45.5 Å². The molecule has 4 rings (SSSR count). The van der Waals surface area contributed by atoms with Gasteiger partial charge in [0.25, 0.3) is 0 Å². The quantitative estimate of drug-likeness (QED) is 0.550. The van der Waals surface area contributed by atoms with Crippen molar-refractivity contribution in [3.63, 3.8) is 0 Å². The first-order valence-electron chi connectivity index (χ1n) is 12.1. The molecule has 0 aromatic carbocycles. The fourth-order valence-electron chi connectivity index (χ4n) is 7.54. The molecule has 186 valence electrons. The number of thioether (sulfide) groups is 2. The molecule has 6 nitrogen and oxygen atoms in total. The Morgan fingerprint density at radius 2 is 1.74 bits per heavy atom. The Morgan fingerprint density at radius 3 is 2.35 bits per heavy atom. The number of hydrogen-bond donors (Lipinski definition) is 2. The third kappa shape index (κ3) is 4.03. The molecule has 0 amide bonds. The van der Waals surface area contributed by atoms with Crippen LogP contribution in [0.2, 0.25) is 0 Å². The van der Waals surface area contributed by atoms with Crippen molar-refractivity contribution in [1.82, 2.24) is 0 Å². The number of allylic oxidation sites excluding steroid dienone is 4. The zero-order valence-electron chi connectivity index (χ0n) is 20.3. The second-order valence-corrected chi connectivity index (χ2v) is 13.6. The summed E-state index contributed by atoms with van der Waals surface area (Å²) in [7, 11) is 0. The van der Waals surface area contributed by atoms with E-state index in [1.54, 1.807) is 19.9 Å². The summed E-state index contributed by atoms with van der Waals surface area (Å²) in [5, 5.41) is 20.8. The zero-order chi connectivity index (χ0) is 25.1. The second-order valence-electron chi connectivity index (χ2n) is 11.0. The van der Waals surface area contributed by atoms with E-state index in [1.807, 2.05) is 6.08 Å². The molecule has 4 aliphatic carbocycles. The van der Waals surface area contributed by atoms with Gasteiger partial charge in [-0.25, -0.2) is 0 Å². The SMILES string of the molecule is CC(=O)SC1=CC2=CC(=O)CC(SC(C)=O)[C@]2(C)[C@H]2CC[C@@]3(C)[C@@H](CCC3(O)CCC(=O)O)[C@H]12. The topological polar surface area (TPSA) is 109 Å². The van der Waals surface area contributed by atoms with Crippen molar-refractivity contribution in [3.8, 4) is 0 Å². The summed E-state index contributed by atoms with van der Waals surface area (Å²) >= 11 is 2.47. The fourth-order valence-corrected chi connectivity index (χ4v) is 9.73. The number of aliphatic hydroxyl groups is 1. The predicted octanol–water partition coefficient (Wildman–Crippen LogP) is 4.76. The smallest absolute Gasteiger partial charge is 0.303 e. The molecule has 7 atom stereocenters. The number of fused-ring (bicyclic) bond motifs is 5. The highest BCUT2D eigenvalue weighted by Crippen LogP contribution is 2.69. The van der Waals surface area contributed by atoms with Crippen molar-refractivity contribution in [3.05, 3.63) is 22.6 Å². The van der Waals surface area contributed by atoms with E-state index in [0.29, 0.717) is 12.8 Å². The minimum atomic E-state index is -1.06. The molecule has 2 N–H and O–H groups in total. The van der Waals surface area contributed by atoms with Gasteiger partial charge in [0.15, 0.2) is 16.0 Å². The monoisotopic (exact) mass is 506 g/mol. The number of carboxylic acids is 1. The Morgan fingerprint density at radius 1 is 1.06 bits per heavy atom. The van der Waals surface area contributed by atoms with Crippen LogP contribution in [0.3, 0.4) is 0 Å². The molecule has 0 bridgehead atoms. The first kappa shape index (κ1) is 25.7. The molecule has 0 saturated heterocycles. The van der Waals surface area contributed by atoms with Crippen LogP contribution < -0.4 is 0 Å². The first-order chi connectivity index (χ1) is 15.8. The van der Waals surface area contributed by atoms with Gasteiger partial charge < -0.3 is 10.2 Å². The van der Waals surface area contributed by atoms with Gasteiger partial charge in [-0.3, -0.25) is 19.2 Å². The van der Waals surface area contributed by atoms with Gasteiger partial charge in [0.2, 0.25) is 0 Å². The van der Waals surface area contributed by atoms with Crippen LogP contribution >= 0.6 is 23.5 Å². The lowest BCUT2D eigenvalue weighted by molar-refractivity contribution is -0.144. The van der Waals surface area contributed by atoms with E-state index in [0.717, 1.165) is 29.7 Å². The van der Waals surface area contributed by atoms with Crippen molar-refractivity contribution in [1.29, 1.82) is 0 Å². The highest BCUT2D eigenvalue weighted by molar-refractivity contribution is 8.16. The highest BCUT2D eigenvalue weighted by atomic mass is 32.2. The Bertz CT molecular complexity index is 1000. The van der Waals surface area contributed by atoms with Crippen LogP contribution in [0.25, 0.3) is 0 Å². The van der Waals surface area contributed by atoms with Crippen LogP contribution in [0.5, 0.6) is 0 Å². The van der Waals surface area contributed by atoms with Crippen LogP contribution in [0.1, 0.15) is 72.6 Å². The fraction of sp³-hybridized carbons (Fsp3) is 0.692. The molecule has 2 unspecified atom stereocenters. The Balaban J connectivity index is 1.81. The number of hydrogen-bond acceptors (Lipinski definition) is 7. The van der Waals surface area contributed by atoms with Gasteiger partial charge in [0, 0.05) is 37.4 Å². The highest BCUT2D eigenvalue weighted by Gasteiger charge is 2.65. The predicted molar refractivity (Wildman–Crippen MR) is 133 cm³/mol. The van der Waals surface area contributed by atoms with Gasteiger partial charge >= 0.3 is 5.97 Å². The summed E-state index contributed by atoms with van der Waals surface area (Å²) in [6, 6.07) is 0. The summed E-state index contributed by atoms with van der Waals surface area (Å²) in [4.78, 5) is 49.2. The maximum atomic E-state index is 12.6. The molecule has 8 heteroatoms. The van der Waals surface area contributed by atoms with E-state index in [9.17, 15) is 29.4 Å². The lowest BCUT2D eigenvalue weighted by atomic mass is 9.47. The van der Waals surface area contributed by atoms with Gasteiger partial charge in [-0.2, -0.15) is 0 Å². The Kier molecular flexibility index (Phi) is 6.75. The van der Waals surface area contributed by atoms with Crippen LogP contribution in [0, 0.1) is 28.6 Å². The maximum absolute atomic E-state index is 12.6. The van der Waals surface area contributed by atoms with Gasteiger partial charge in [-0.05, 0) is 77.9 Å². The molecule has 0 heterocycles. The average Bonchev–Trinajstić information content (AvgIpc) is 2.99. The number of rotatable bonds is 5. The van der Waals surface area contributed by atoms with E-state index in [4.69, 9.17) is 0 Å². The summed E-state index contributed by atoms with van der Waals surface area (Å²) in [5.41, 5.74) is -0.986. The molecule has 0 aromatic rings. The minimum Gasteiger partial charge on any atom is -0.481 e. The van der Waals surface area contributed by atoms with Gasteiger partial charge in [0.1, 0.15) is 0 Å². The lowest BCUT2D eigenvalue weighted by Crippen LogP contribution is -2.57. The molecule has 0 radical (unpaired) electrons. The van der Waals surface area contributed by atoms with Crippen molar-refractivity contribution in [2.24, 2.45) is 28.6 Å². The Labute approximate surface area is 209 Å². The van der Waals surface area contributed by atoms with E-state index in [2.05, 4.69) is 13.8 Å². The molecule has 0 aliphatic heterocycles.